The first-order chi connectivity index (χ1) is 21.2. The van der Waals surface area contributed by atoms with Crippen LogP contribution in [0.4, 0.5) is 18.9 Å². The molecule has 1 N–H and O–H groups in total. The minimum absolute atomic E-state index is 0.174. The Labute approximate surface area is 256 Å². The van der Waals surface area contributed by atoms with Crippen LogP contribution in [-0.2, 0) is 17.5 Å². The molecule has 0 bridgehead atoms. The summed E-state index contributed by atoms with van der Waals surface area (Å²) in [4.78, 5) is 0. The molecule has 8 nitrogen and oxygen atoms in total. The lowest BCUT2D eigenvalue weighted by Crippen LogP contribution is -2.24. The molecule has 6 rings (SSSR count). The number of fused-ring (bicyclic) bond motifs is 1. The summed E-state index contributed by atoms with van der Waals surface area (Å²) in [5, 5.41) is 17.6. The zero-order chi connectivity index (χ0) is 30.8. The van der Waals surface area contributed by atoms with Crippen molar-refractivity contribution in [3.63, 3.8) is 0 Å². The third kappa shape index (κ3) is 6.02. The molecule has 3 aromatic carbocycles. The fraction of sp³-hybridized carbons (Fsp3) is 0.281. The predicted octanol–water partition coefficient (Wildman–Crippen LogP) is 8.16. The van der Waals surface area contributed by atoms with Gasteiger partial charge in [-0.1, -0.05) is 23.7 Å². The fourth-order valence-electron chi connectivity index (χ4n) is 5.41. The number of nitrogens with one attached hydrogen (secondary N) is 1. The van der Waals surface area contributed by atoms with E-state index in [9.17, 15) is 13.2 Å². The van der Waals surface area contributed by atoms with Crippen molar-refractivity contribution in [3.05, 3.63) is 83.1 Å². The first-order valence-electron chi connectivity index (χ1n) is 14.0. The van der Waals surface area contributed by atoms with Crippen LogP contribution in [0.25, 0.3) is 33.3 Å². The molecule has 2 aromatic heterocycles. The van der Waals surface area contributed by atoms with E-state index in [0.717, 1.165) is 40.2 Å². The third-order valence-corrected chi connectivity index (χ3v) is 7.86. The van der Waals surface area contributed by atoms with Crippen LogP contribution in [0.5, 0.6) is 11.5 Å². The van der Waals surface area contributed by atoms with E-state index in [1.165, 1.54) is 0 Å². The Balaban J connectivity index is 1.35. The minimum Gasteiger partial charge on any atom is -0.497 e. The van der Waals surface area contributed by atoms with E-state index in [-0.39, 0.29) is 5.69 Å². The second-order valence-electron chi connectivity index (χ2n) is 10.4. The first-order valence-corrected chi connectivity index (χ1v) is 14.4. The molecule has 0 radical (unpaired) electrons. The van der Waals surface area contributed by atoms with E-state index in [1.807, 2.05) is 36.4 Å². The van der Waals surface area contributed by atoms with Crippen molar-refractivity contribution < 1.29 is 27.4 Å². The van der Waals surface area contributed by atoms with E-state index in [2.05, 4.69) is 20.6 Å². The Bertz CT molecular complexity index is 1800. The van der Waals surface area contributed by atoms with Gasteiger partial charge in [0.05, 0.1) is 37.3 Å². The highest BCUT2D eigenvalue weighted by Crippen LogP contribution is 2.40. The zero-order valence-corrected chi connectivity index (χ0v) is 24.7. The normalized spacial score (nSPS) is 15.4. The van der Waals surface area contributed by atoms with Gasteiger partial charge in [0.2, 0.25) is 0 Å². The molecule has 228 valence electrons. The Morgan fingerprint density at radius 1 is 1.00 bits per heavy atom. The number of ether oxygens (including phenoxy) is 3. The van der Waals surface area contributed by atoms with Gasteiger partial charge in [0, 0.05) is 40.8 Å². The molecule has 12 heteroatoms. The largest absolute Gasteiger partial charge is 0.497 e. The van der Waals surface area contributed by atoms with Crippen LogP contribution >= 0.6 is 11.6 Å². The maximum Gasteiger partial charge on any atom is 0.433 e. The second-order valence-corrected chi connectivity index (χ2v) is 10.8. The topological polar surface area (TPSA) is 83.3 Å². The van der Waals surface area contributed by atoms with E-state index >= 15 is 0 Å². The van der Waals surface area contributed by atoms with Gasteiger partial charge in [-0.05, 0) is 72.9 Å². The van der Waals surface area contributed by atoms with Crippen LogP contribution in [0.1, 0.15) is 36.7 Å². The van der Waals surface area contributed by atoms with Gasteiger partial charge in [-0.25, -0.2) is 4.68 Å². The summed E-state index contributed by atoms with van der Waals surface area (Å²) in [6, 6.07) is 17.3. The lowest BCUT2D eigenvalue weighted by Gasteiger charge is -2.25. The van der Waals surface area contributed by atoms with E-state index in [1.54, 1.807) is 38.6 Å². The van der Waals surface area contributed by atoms with E-state index in [4.69, 9.17) is 25.8 Å². The number of hydrogen-bond acceptors (Lipinski definition) is 7. The Hall–Kier alpha value is -4.35. The number of benzene rings is 3. The Morgan fingerprint density at radius 3 is 2.61 bits per heavy atom. The second kappa shape index (κ2) is 12.3. The highest BCUT2D eigenvalue weighted by atomic mass is 35.5. The van der Waals surface area contributed by atoms with Crippen molar-refractivity contribution in [2.45, 2.75) is 38.2 Å². The highest BCUT2D eigenvalue weighted by Gasteiger charge is 2.38. The van der Waals surface area contributed by atoms with Crippen molar-refractivity contribution in [2.24, 2.45) is 0 Å². The summed E-state index contributed by atoms with van der Waals surface area (Å²) >= 11 is 6.39. The fourth-order valence-corrected chi connectivity index (χ4v) is 5.58. The summed E-state index contributed by atoms with van der Waals surface area (Å²) in [7, 11) is 3.20. The Morgan fingerprint density at radius 2 is 1.86 bits per heavy atom. The molecule has 1 unspecified atom stereocenters. The molecule has 0 spiro atoms. The number of anilines is 1. The number of alkyl halides is 3. The van der Waals surface area contributed by atoms with Gasteiger partial charge in [0.15, 0.2) is 6.23 Å². The molecule has 0 aliphatic carbocycles. The van der Waals surface area contributed by atoms with Crippen molar-refractivity contribution in [1.29, 1.82) is 0 Å². The molecular formula is C32H29ClF3N5O3. The van der Waals surface area contributed by atoms with Gasteiger partial charge in [-0.2, -0.15) is 28.5 Å². The van der Waals surface area contributed by atoms with Gasteiger partial charge in [0.1, 0.15) is 17.2 Å². The molecule has 0 amide bonds. The molecule has 1 aliphatic heterocycles. The van der Waals surface area contributed by atoms with Gasteiger partial charge in [0.25, 0.3) is 0 Å². The monoisotopic (exact) mass is 623 g/mol. The van der Waals surface area contributed by atoms with E-state index in [0.29, 0.717) is 58.3 Å². The third-order valence-electron chi connectivity index (χ3n) is 7.63. The number of rotatable bonds is 8. The molecule has 1 atom stereocenters. The molecule has 0 saturated carbocycles. The summed E-state index contributed by atoms with van der Waals surface area (Å²) in [5.74, 6) is 1.38. The maximum atomic E-state index is 14.1. The lowest BCUT2D eigenvalue weighted by molar-refractivity contribution is -0.152. The Kier molecular flexibility index (Phi) is 8.33. The molecule has 1 saturated heterocycles. The smallest absolute Gasteiger partial charge is 0.433 e. The van der Waals surface area contributed by atoms with Crippen LogP contribution in [-0.4, -0.2) is 40.8 Å². The summed E-state index contributed by atoms with van der Waals surface area (Å²) in [6.45, 7) is 0.856. The molecular weight excluding hydrogens is 595 g/mol. The average molecular weight is 624 g/mol. The molecule has 44 heavy (non-hydrogen) atoms. The lowest BCUT2D eigenvalue weighted by atomic mass is 9.96. The quantitative estimate of drug-likeness (QED) is 0.187. The first kappa shape index (κ1) is 29.7. The maximum absolute atomic E-state index is 14.1. The highest BCUT2D eigenvalue weighted by molar-refractivity contribution is 6.31. The molecule has 3 heterocycles. The molecule has 5 aromatic rings. The molecule has 1 aliphatic rings. The van der Waals surface area contributed by atoms with Crippen molar-refractivity contribution in [2.75, 3.05) is 26.1 Å². The van der Waals surface area contributed by atoms with Gasteiger partial charge in [-0.3, -0.25) is 0 Å². The molecule has 1 fully saturated rings. The van der Waals surface area contributed by atoms with Gasteiger partial charge < -0.3 is 19.5 Å². The number of hydrogen-bond donors (Lipinski definition) is 1. The van der Waals surface area contributed by atoms with Crippen LogP contribution < -0.4 is 14.8 Å². The standard InChI is InChI=1S/C32H29ClF3N5O3/c1-42-22-9-6-20(29(15-22)43-2)17-37-28-18-38-39-26-13-19(7-10-24(26)28)25-14-21(33)8-11-23(25)27-16-30(32(34,35)36)41(40-27)31-5-3-4-12-44-31/h6-11,13-16,18,31H,3-5,12,17H2,1-2H3,(H,37,39). The van der Waals surface area contributed by atoms with Crippen LogP contribution in [0.3, 0.4) is 0 Å². The van der Waals surface area contributed by atoms with E-state index < -0.39 is 18.1 Å². The summed E-state index contributed by atoms with van der Waals surface area (Å²) in [6.07, 6.45) is -1.69. The average Bonchev–Trinajstić information content (AvgIpc) is 3.50. The summed E-state index contributed by atoms with van der Waals surface area (Å²) in [5.41, 5.74) is 3.42. The van der Waals surface area contributed by atoms with Crippen LogP contribution in [0.2, 0.25) is 5.02 Å². The number of methoxy groups -OCH3 is 2. The minimum atomic E-state index is -4.60. The van der Waals surface area contributed by atoms with Crippen molar-refractivity contribution >= 4 is 28.2 Å². The van der Waals surface area contributed by atoms with Crippen molar-refractivity contribution in [1.82, 2.24) is 20.0 Å². The van der Waals surface area contributed by atoms with Crippen molar-refractivity contribution in [3.8, 4) is 33.9 Å². The van der Waals surface area contributed by atoms with Gasteiger partial charge >= 0.3 is 6.18 Å². The number of halogens is 4. The zero-order valence-electron chi connectivity index (χ0n) is 24.0. The SMILES string of the molecule is COc1ccc(CNc2cnnc3cc(-c4cc(Cl)ccc4-c4cc(C(F)(F)F)n(C5CCCCO5)n4)ccc23)c(OC)c1. The summed E-state index contributed by atoms with van der Waals surface area (Å²) < 4.78 is 59.8. The predicted molar refractivity (Wildman–Crippen MR) is 162 cm³/mol. The van der Waals surface area contributed by atoms with Gasteiger partial charge in [-0.15, -0.1) is 0 Å². The van der Waals surface area contributed by atoms with Crippen LogP contribution in [0, 0.1) is 0 Å². The number of nitrogens with zero attached hydrogens (tertiary/aromatic N) is 4. The van der Waals surface area contributed by atoms with Crippen LogP contribution in [0.15, 0.2) is 66.9 Å². The number of aromatic nitrogens is 4.